The van der Waals surface area contributed by atoms with Gasteiger partial charge in [0.1, 0.15) is 0 Å². The third-order valence-electron chi connectivity index (χ3n) is 1.62. The molecule has 0 radical (unpaired) electrons. The smallest absolute Gasteiger partial charge is 0.226 e. The Bertz CT molecular complexity index is 161. The van der Waals surface area contributed by atoms with Gasteiger partial charge < -0.3 is 4.90 Å². The lowest BCUT2D eigenvalue weighted by Gasteiger charge is -2.21. The molecule has 0 rings (SSSR count). The van der Waals surface area contributed by atoms with Crippen molar-refractivity contribution in [3.63, 3.8) is 0 Å². The zero-order valence-electron chi connectivity index (χ0n) is 7.85. The van der Waals surface area contributed by atoms with Gasteiger partial charge in [-0.2, -0.15) is 0 Å². The van der Waals surface area contributed by atoms with Crippen LogP contribution >= 0.6 is 0 Å². The summed E-state index contributed by atoms with van der Waals surface area (Å²) in [4.78, 5) is 13.0. The van der Waals surface area contributed by atoms with E-state index in [1.54, 1.807) is 4.90 Å². The molecule has 0 fully saturated rings. The van der Waals surface area contributed by atoms with Crippen molar-refractivity contribution in [2.75, 3.05) is 7.05 Å². The Morgan fingerprint density at radius 1 is 1.55 bits per heavy atom. The highest BCUT2D eigenvalue weighted by atomic mass is 16.2. The molecular formula is C9H17NO. The molecule has 0 spiro atoms. The predicted octanol–water partition coefficient (Wildman–Crippen LogP) is 1.82. The number of nitrogens with zero attached hydrogens (tertiary/aromatic N) is 1. The third-order valence-corrected chi connectivity index (χ3v) is 1.62. The normalized spacial score (nSPS) is 9.91. The molecule has 0 aliphatic heterocycles. The second-order valence-corrected chi connectivity index (χ2v) is 3.23. The standard InChI is InChI=1S/C9H17NO/c1-7(2)6-9(11)10(5)8(3)4/h8H,1,6H2,2-5H3. The molecule has 0 aliphatic rings. The molecule has 0 saturated heterocycles. The summed E-state index contributed by atoms with van der Waals surface area (Å²) in [6.45, 7) is 9.55. The Morgan fingerprint density at radius 2 is 2.00 bits per heavy atom. The molecule has 0 aliphatic carbocycles. The average Bonchev–Trinajstić information content (AvgIpc) is 1.84. The first kappa shape index (κ1) is 10.2. The number of amides is 1. The SMILES string of the molecule is C=C(C)CC(=O)N(C)C(C)C. The number of hydrogen-bond donors (Lipinski definition) is 0. The van der Waals surface area contributed by atoms with Gasteiger partial charge in [-0.3, -0.25) is 4.79 Å². The molecule has 11 heavy (non-hydrogen) atoms. The van der Waals surface area contributed by atoms with Crippen LogP contribution in [0.4, 0.5) is 0 Å². The quantitative estimate of drug-likeness (QED) is 0.569. The number of hydrogen-bond acceptors (Lipinski definition) is 1. The van der Waals surface area contributed by atoms with E-state index in [0.29, 0.717) is 6.42 Å². The topological polar surface area (TPSA) is 20.3 Å². The van der Waals surface area contributed by atoms with E-state index < -0.39 is 0 Å². The molecule has 0 heterocycles. The molecule has 0 atom stereocenters. The Balaban J connectivity index is 3.93. The number of rotatable bonds is 3. The molecular weight excluding hydrogens is 138 g/mol. The van der Waals surface area contributed by atoms with Gasteiger partial charge in [-0.25, -0.2) is 0 Å². The highest BCUT2D eigenvalue weighted by molar-refractivity contribution is 5.78. The lowest BCUT2D eigenvalue weighted by molar-refractivity contribution is -0.130. The fourth-order valence-electron chi connectivity index (χ4n) is 0.671. The van der Waals surface area contributed by atoms with Crippen LogP contribution in [0.3, 0.4) is 0 Å². The first-order chi connectivity index (χ1) is 4.95. The zero-order valence-corrected chi connectivity index (χ0v) is 7.85. The summed E-state index contributed by atoms with van der Waals surface area (Å²) >= 11 is 0. The van der Waals surface area contributed by atoms with Gasteiger partial charge in [0.2, 0.25) is 5.91 Å². The van der Waals surface area contributed by atoms with E-state index in [2.05, 4.69) is 6.58 Å². The van der Waals surface area contributed by atoms with Crippen LogP contribution in [0.15, 0.2) is 12.2 Å². The fourth-order valence-corrected chi connectivity index (χ4v) is 0.671. The largest absolute Gasteiger partial charge is 0.343 e. The second kappa shape index (κ2) is 4.16. The van der Waals surface area contributed by atoms with Crippen molar-refractivity contribution < 1.29 is 4.79 Å². The maximum absolute atomic E-state index is 11.3. The molecule has 0 N–H and O–H groups in total. The highest BCUT2D eigenvalue weighted by Gasteiger charge is 2.10. The number of carbonyl (C=O) groups is 1. The van der Waals surface area contributed by atoms with Crippen LogP contribution in [0.5, 0.6) is 0 Å². The van der Waals surface area contributed by atoms with Gasteiger partial charge >= 0.3 is 0 Å². The van der Waals surface area contributed by atoms with Crippen LogP contribution in [-0.2, 0) is 4.79 Å². The summed E-state index contributed by atoms with van der Waals surface area (Å²) in [5, 5.41) is 0. The van der Waals surface area contributed by atoms with Gasteiger partial charge in [-0.1, -0.05) is 12.2 Å². The van der Waals surface area contributed by atoms with E-state index >= 15 is 0 Å². The minimum absolute atomic E-state index is 0.146. The molecule has 0 aromatic heterocycles. The maximum Gasteiger partial charge on any atom is 0.226 e. The van der Waals surface area contributed by atoms with E-state index in [4.69, 9.17) is 0 Å². The Kier molecular flexibility index (Phi) is 3.86. The van der Waals surface area contributed by atoms with Crippen LogP contribution in [-0.4, -0.2) is 23.9 Å². The summed E-state index contributed by atoms with van der Waals surface area (Å²) in [5.74, 6) is 0.146. The zero-order chi connectivity index (χ0) is 9.02. The molecule has 0 aromatic rings. The molecule has 0 unspecified atom stereocenters. The van der Waals surface area contributed by atoms with E-state index in [1.807, 2.05) is 27.8 Å². The van der Waals surface area contributed by atoms with E-state index in [0.717, 1.165) is 5.57 Å². The first-order valence-corrected chi connectivity index (χ1v) is 3.85. The summed E-state index contributed by atoms with van der Waals surface area (Å²) in [5.41, 5.74) is 0.919. The monoisotopic (exact) mass is 155 g/mol. The Morgan fingerprint density at radius 3 is 2.27 bits per heavy atom. The average molecular weight is 155 g/mol. The summed E-state index contributed by atoms with van der Waals surface area (Å²) < 4.78 is 0. The first-order valence-electron chi connectivity index (χ1n) is 3.85. The Labute approximate surface area is 68.9 Å². The molecule has 2 heteroatoms. The van der Waals surface area contributed by atoms with Crippen LogP contribution in [0, 0.1) is 0 Å². The third kappa shape index (κ3) is 3.81. The predicted molar refractivity (Wildman–Crippen MR) is 47.3 cm³/mol. The minimum atomic E-state index is 0.146. The van der Waals surface area contributed by atoms with E-state index in [9.17, 15) is 4.79 Å². The maximum atomic E-state index is 11.3. The van der Waals surface area contributed by atoms with Crippen molar-refractivity contribution >= 4 is 5.91 Å². The minimum Gasteiger partial charge on any atom is -0.343 e. The van der Waals surface area contributed by atoms with Crippen LogP contribution in [0.2, 0.25) is 0 Å². The number of carbonyl (C=O) groups excluding carboxylic acids is 1. The van der Waals surface area contributed by atoms with Gasteiger partial charge in [0.05, 0.1) is 0 Å². The summed E-state index contributed by atoms with van der Waals surface area (Å²) in [6, 6.07) is 0.279. The Hall–Kier alpha value is -0.790. The lowest BCUT2D eigenvalue weighted by atomic mass is 10.2. The lowest BCUT2D eigenvalue weighted by Crippen LogP contribution is -2.32. The van der Waals surface area contributed by atoms with Crippen LogP contribution < -0.4 is 0 Å². The van der Waals surface area contributed by atoms with Crippen molar-refractivity contribution in [1.82, 2.24) is 4.90 Å². The van der Waals surface area contributed by atoms with Gasteiger partial charge in [0, 0.05) is 19.5 Å². The van der Waals surface area contributed by atoms with Gasteiger partial charge in [-0.05, 0) is 20.8 Å². The van der Waals surface area contributed by atoms with Crippen molar-refractivity contribution in [1.29, 1.82) is 0 Å². The van der Waals surface area contributed by atoms with Gasteiger partial charge in [0.25, 0.3) is 0 Å². The van der Waals surface area contributed by atoms with Crippen molar-refractivity contribution in [3.05, 3.63) is 12.2 Å². The van der Waals surface area contributed by atoms with Crippen molar-refractivity contribution in [2.45, 2.75) is 33.2 Å². The molecule has 64 valence electrons. The summed E-state index contributed by atoms with van der Waals surface area (Å²) in [6.07, 6.45) is 0.467. The molecule has 0 aromatic carbocycles. The van der Waals surface area contributed by atoms with E-state index in [-0.39, 0.29) is 11.9 Å². The summed E-state index contributed by atoms with van der Waals surface area (Å²) in [7, 11) is 1.82. The fraction of sp³-hybridized carbons (Fsp3) is 0.667. The highest BCUT2D eigenvalue weighted by Crippen LogP contribution is 2.02. The molecule has 0 saturated carbocycles. The van der Waals surface area contributed by atoms with Crippen LogP contribution in [0.1, 0.15) is 27.2 Å². The molecule has 0 bridgehead atoms. The van der Waals surface area contributed by atoms with Gasteiger partial charge in [-0.15, -0.1) is 0 Å². The van der Waals surface area contributed by atoms with Crippen LogP contribution in [0.25, 0.3) is 0 Å². The molecule has 2 nitrogen and oxygen atoms in total. The second-order valence-electron chi connectivity index (χ2n) is 3.23. The van der Waals surface area contributed by atoms with Crippen molar-refractivity contribution in [2.24, 2.45) is 0 Å². The van der Waals surface area contributed by atoms with Crippen molar-refractivity contribution in [3.8, 4) is 0 Å². The van der Waals surface area contributed by atoms with E-state index in [1.165, 1.54) is 0 Å². The molecule has 1 amide bonds. The van der Waals surface area contributed by atoms with Gasteiger partial charge in [0.15, 0.2) is 0 Å².